The lowest BCUT2D eigenvalue weighted by atomic mass is 9.74. The molecule has 0 atom stereocenters. The van der Waals surface area contributed by atoms with Gasteiger partial charge in [-0.2, -0.15) is 0 Å². The Labute approximate surface area is 163 Å². The number of hydrogen-bond acceptors (Lipinski definition) is 3. The second-order valence-electron chi connectivity index (χ2n) is 7.23. The number of halogens is 2. The first-order valence-corrected chi connectivity index (χ1v) is 9.55. The third-order valence-corrected chi connectivity index (χ3v) is 5.27. The summed E-state index contributed by atoms with van der Waals surface area (Å²) >= 11 is 0. The Morgan fingerprint density at radius 1 is 1.07 bits per heavy atom. The number of ether oxygens (including phenoxy) is 1. The molecule has 1 saturated heterocycles. The van der Waals surface area contributed by atoms with E-state index in [0.717, 1.165) is 17.2 Å². The number of amides is 1. The minimum atomic E-state index is -0.882. The molecule has 28 heavy (non-hydrogen) atoms. The lowest BCUT2D eigenvalue weighted by Crippen LogP contribution is -2.46. The van der Waals surface area contributed by atoms with E-state index in [-0.39, 0.29) is 12.5 Å². The molecule has 0 aromatic heterocycles. The molecule has 1 heterocycles. The van der Waals surface area contributed by atoms with Crippen molar-refractivity contribution in [3.63, 3.8) is 0 Å². The van der Waals surface area contributed by atoms with E-state index in [1.54, 1.807) is 6.07 Å². The summed E-state index contributed by atoms with van der Waals surface area (Å²) in [6, 6.07) is 11.4. The summed E-state index contributed by atoms with van der Waals surface area (Å²) in [4.78, 5) is 12.9. The van der Waals surface area contributed by atoms with Gasteiger partial charge in [-0.05, 0) is 54.5 Å². The van der Waals surface area contributed by atoms with Gasteiger partial charge in [-0.25, -0.2) is 8.78 Å². The minimum Gasteiger partial charge on any atom is -0.396 e. The van der Waals surface area contributed by atoms with E-state index >= 15 is 0 Å². The van der Waals surface area contributed by atoms with Crippen LogP contribution in [0.4, 0.5) is 8.78 Å². The summed E-state index contributed by atoms with van der Waals surface area (Å²) in [5.41, 5.74) is 1.76. The standard InChI is InChI=1S/C22H25F2NO3/c23-19-6-5-18(14-20(19)24)17-4-1-3-16(13-17)15-22(7-11-28-12-8-22)21(27)25-9-2-10-26/h1,3-6,13-14,26H,2,7-12,15H2,(H,25,27). The van der Waals surface area contributed by atoms with E-state index in [1.165, 1.54) is 6.07 Å². The van der Waals surface area contributed by atoms with Crippen LogP contribution in [0.25, 0.3) is 11.1 Å². The molecule has 0 unspecified atom stereocenters. The third-order valence-electron chi connectivity index (χ3n) is 5.27. The molecule has 1 fully saturated rings. The van der Waals surface area contributed by atoms with Crippen LogP contribution in [0.2, 0.25) is 0 Å². The molecule has 2 aromatic carbocycles. The smallest absolute Gasteiger partial charge is 0.226 e. The molecular formula is C22H25F2NO3. The van der Waals surface area contributed by atoms with Crippen LogP contribution in [-0.4, -0.2) is 37.4 Å². The number of aliphatic hydroxyl groups is 1. The normalized spacial score (nSPS) is 16.0. The van der Waals surface area contributed by atoms with Crippen molar-refractivity contribution in [2.24, 2.45) is 5.41 Å². The van der Waals surface area contributed by atoms with E-state index in [1.807, 2.05) is 24.3 Å². The maximum atomic E-state index is 13.6. The zero-order valence-corrected chi connectivity index (χ0v) is 15.7. The Morgan fingerprint density at radius 3 is 2.54 bits per heavy atom. The van der Waals surface area contributed by atoms with Crippen LogP contribution in [0.5, 0.6) is 0 Å². The van der Waals surface area contributed by atoms with Crippen molar-refractivity contribution >= 4 is 5.91 Å². The first-order valence-electron chi connectivity index (χ1n) is 9.55. The van der Waals surface area contributed by atoms with Gasteiger partial charge >= 0.3 is 0 Å². The van der Waals surface area contributed by atoms with Gasteiger partial charge in [-0.15, -0.1) is 0 Å². The fraction of sp³-hybridized carbons (Fsp3) is 0.409. The van der Waals surface area contributed by atoms with Crippen LogP contribution in [0.3, 0.4) is 0 Å². The number of carbonyl (C=O) groups is 1. The van der Waals surface area contributed by atoms with Gasteiger partial charge in [0.1, 0.15) is 0 Å². The second kappa shape index (κ2) is 9.26. The zero-order chi connectivity index (χ0) is 20.0. The Kier molecular flexibility index (Phi) is 6.75. The van der Waals surface area contributed by atoms with Crippen molar-refractivity contribution in [1.29, 1.82) is 0 Å². The molecule has 3 rings (SSSR count). The molecular weight excluding hydrogens is 364 g/mol. The SMILES string of the molecule is O=C(NCCCO)C1(Cc2cccc(-c3ccc(F)c(F)c3)c2)CCOCC1. The summed E-state index contributed by atoms with van der Waals surface area (Å²) in [7, 11) is 0. The van der Waals surface area contributed by atoms with Crippen molar-refractivity contribution in [2.45, 2.75) is 25.7 Å². The van der Waals surface area contributed by atoms with Gasteiger partial charge in [0.25, 0.3) is 0 Å². The Morgan fingerprint density at radius 2 is 1.82 bits per heavy atom. The molecule has 2 aromatic rings. The molecule has 1 aliphatic rings. The number of carbonyl (C=O) groups excluding carboxylic acids is 1. The molecule has 1 aliphatic heterocycles. The third kappa shape index (κ3) is 4.75. The van der Waals surface area contributed by atoms with Gasteiger partial charge in [-0.1, -0.05) is 30.3 Å². The van der Waals surface area contributed by atoms with Crippen molar-refractivity contribution < 1.29 is 23.4 Å². The average Bonchev–Trinajstić information content (AvgIpc) is 2.71. The molecule has 0 saturated carbocycles. The summed E-state index contributed by atoms with van der Waals surface area (Å²) < 4.78 is 32.3. The Bertz CT molecular complexity index is 819. The highest BCUT2D eigenvalue weighted by Gasteiger charge is 2.39. The van der Waals surface area contributed by atoms with Gasteiger partial charge in [0, 0.05) is 26.4 Å². The molecule has 150 valence electrons. The fourth-order valence-electron chi connectivity index (χ4n) is 3.64. The predicted molar refractivity (Wildman–Crippen MR) is 103 cm³/mol. The Balaban J connectivity index is 1.82. The van der Waals surface area contributed by atoms with Crippen molar-refractivity contribution in [2.75, 3.05) is 26.4 Å². The highest BCUT2D eigenvalue weighted by atomic mass is 19.2. The maximum absolute atomic E-state index is 13.6. The van der Waals surface area contributed by atoms with Gasteiger partial charge in [0.15, 0.2) is 11.6 Å². The van der Waals surface area contributed by atoms with E-state index in [9.17, 15) is 13.6 Å². The minimum absolute atomic E-state index is 0.0255. The fourth-order valence-corrected chi connectivity index (χ4v) is 3.64. The topological polar surface area (TPSA) is 58.6 Å². The molecule has 1 amide bonds. The van der Waals surface area contributed by atoms with Crippen LogP contribution in [0, 0.1) is 17.0 Å². The first-order chi connectivity index (χ1) is 13.5. The highest BCUT2D eigenvalue weighted by molar-refractivity contribution is 5.83. The van der Waals surface area contributed by atoms with Crippen LogP contribution >= 0.6 is 0 Å². The number of hydrogen-bond donors (Lipinski definition) is 2. The molecule has 0 radical (unpaired) electrons. The summed E-state index contributed by atoms with van der Waals surface area (Å²) in [5.74, 6) is -1.78. The van der Waals surface area contributed by atoms with Gasteiger partial charge in [0.05, 0.1) is 5.41 Å². The molecule has 0 spiro atoms. The summed E-state index contributed by atoms with van der Waals surface area (Å²) in [5, 5.41) is 11.9. The van der Waals surface area contributed by atoms with Gasteiger partial charge in [-0.3, -0.25) is 4.79 Å². The molecule has 2 N–H and O–H groups in total. The number of benzene rings is 2. The van der Waals surface area contributed by atoms with Crippen LogP contribution < -0.4 is 5.32 Å². The van der Waals surface area contributed by atoms with Crippen LogP contribution in [0.1, 0.15) is 24.8 Å². The molecule has 0 aliphatic carbocycles. The van der Waals surface area contributed by atoms with Crippen LogP contribution in [0.15, 0.2) is 42.5 Å². The predicted octanol–water partition coefficient (Wildman–Crippen LogP) is 3.47. The first kappa shape index (κ1) is 20.4. The zero-order valence-electron chi connectivity index (χ0n) is 15.7. The number of aliphatic hydroxyl groups excluding tert-OH is 1. The van der Waals surface area contributed by atoms with E-state index in [4.69, 9.17) is 9.84 Å². The van der Waals surface area contributed by atoms with E-state index in [0.29, 0.717) is 51.0 Å². The van der Waals surface area contributed by atoms with Crippen molar-refractivity contribution in [1.82, 2.24) is 5.32 Å². The van der Waals surface area contributed by atoms with Crippen LogP contribution in [-0.2, 0) is 16.0 Å². The van der Waals surface area contributed by atoms with Crippen molar-refractivity contribution in [3.05, 3.63) is 59.7 Å². The van der Waals surface area contributed by atoms with Gasteiger partial charge in [0.2, 0.25) is 5.91 Å². The molecule has 0 bridgehead atoms. The van der Waals surface area contributed by atoms with E-state index < -0.39 is 17.0 Å². The summed E-state index contributed by atoms with van der Waals surface area (Å²) in [6.45, 7) is 1.52. The average molecular weight is 389 g/mol. The summed E-state index contributed by atoms with van der Waals surface area (Å²) in [6.07, 6.45) is 2.30. The molecule has 4 nitrogen and oxygen atoms in total. The van der Waals surface area contributed by atoms with Crippen molar-refractivity contribution in [3.8, 4) is 11.1 Å². The Hall–Kier alpha value is -2.31. The lowest BCUT2D eigenvalue weighted by molar-refractivity contribution is -0.136. The largest absolute Gasteiger partial charge is 0.396 e. The maximum Gasteiger partial charge on any atom is 0.226 e. The van der Waals surface area contributed by atoms with Gasteiger partial charge < -0.3 is 15.2 Å². The molecule has 6 heteroatoms. The lowest BCUT2D eigenvalue weighted by Gasteiger charge is -2.36. The quantitative estimate of drug-likeness (QED) is 0.713. The highest BCUT2D eigenvalue weighted by Crippen LogP contribution is 2.35. The number of nitrogens with one attached hydrogen (secondary N) is 1. The number of rotatable bonds is 7. The monoisotopic (exact) mass is 389 g/mol. The second-order valence-corrected chi connectivity index (χ2v) is 7.23. The van der Waals surface area contributed by atoms with E-state index in [2.05, 4.69) is 5.32 Å².